The Hall–Kier alpha value is -3.73. The fourth-order valence-electron chi connectivity index (χ4n) is 6.50. The van der Waals surface area contributed by atoms with Crippen LogP contribution in [-0.2, 0) is 5.54 Å². The molecular formula is C30H24N2O2. The number of anilines is 1. The molecule has 1 unspecified atom stereocenters. The van der Waals surface area contributed by atoms with Crippen molar-refractivity contribution in [2.75, 3.05) is 11.4 Å². The van der Waals surface area contributed by atoms with Crippen LogP contribution >= 0.6 is 0 Å². The average molecular weight is 445 g/mol. The van der Waals surface area contributed by atoms with Crippen LogP contribution < -0.4 is 4.90 Å². The highest BCUT2D eigenvalue weighted by atomic mass is 16.3. The lowest BCUT2D eigenvalue weighted by molar-refractivity contribution is 0.0257. The van der Waals surface area contributed by atoms with Gasteiger partial charge in [0.2, 0.25) is 11.5 Å². The number of nitrogens with zero attached hydrogens (tertiary/aromatic N) is 2. The Morgan fingerprint density at radius 2 is 1.18 bits per heavy atom. The zero-order valence-electron chi connectivity index (χ0n) is 18.6. The molecule has 0 aliphatic carbocycles. The molecule has 0 radical (unpaired) electrons. The van der Waals surface area contributed by atoms with Gasteiger partial charge in [-0.3, -0.25) is 9.69 Å². The second-order valence-electron chi connectivity index (χ2n) is 9.41. The summed E-state index contributed by atoms with van der Waals surface area (Å²) >= 11 is 0. The molecule has 0 aromatic heterocycles. The van der Waals surface area contributed by atoms with Gasteiger partial charge in [0.05, 0.1) is 23.3 Å². The highest BCUT2D eigenvalue weighted by Crippen LogP contribution is 2.61. The molecule has 2 fully saturated rings. The molecule has 4 heteroatoms. The summed E-state index contributed by atoms with van der Waals surface area (Å²) in [6.07, 6.45) is 0. The number of hydrogen-bond acceptors (Lipinski definition) is 4. The summed E-state index contributed by atoms with van der Waals surface area (Å²) < 4.78 is 0. The van der Waals surface area contributed by atoms with Crippen molar-refractivity contribution in [3.05, 3.63) is 138 Å². The maximum atomic E-state index is 13.6. The number of fused-ring (bicyclic) bond motifs is 5. The first-order valence-corrected chi connectivity index (χ1v) is 11.8. The molecule has 4 aromatic rings. The van der Waals surface area contributed by atoms with Crippen molar-refractivity contribution in [3.63, 3.8) is 0 Å². The molecule has 0 saturated carbocycles. The molecule has 1 N–H and O–H groups in total. The first-order chi connectivity index (χ1) is 16.7. The molecule has 166 valence electrons. The summed E-state index contributed by atoms with van der Waals surface area (Å²) in [5, 5.41) is 12.0. The molecule has 4 atom stereocenters. The Labute approximate surface area is 198 Å². The van der Waals surface area contributed by atoms with Crippen LogP contribution in [0.15, 0.2) is 115 Å². The summed E-state index contributed by atoms with van der Waals surface area (Å²) in [6.45, 7) is 0.609. The number of carbonyl (C=O) groups excluding carboxylic acids is 1. The first kappa shape index (κ1) is 19.7. The number of ketones is 1. The maximum absolute atomic E-state index is 13.6. The van der Waals surface area contributed by atoms with Crippen LogP contribution in [0.1, 0.15) is 27.0 Å². The quantitative estimate of drug-likeness (QED) is 0.373. The van der Waals surface area contributed by atoms with Crippen LogP contribution in [0.2, 0.25) is 0 Å². The summed E-state index contributed by atoms with van der Waals surface area (Å²) in [6, 6.07) is 38.7. The third-order valence-electron chi connectivity index (χ3n) is 7.86. The highest BCUT2D eigenvalue weighted by molar-refractivity contribution is 6.14. The third kappa shape index (κ3) is 2.32. The average Bonchev–Trinajstić information content (AvgIpc) is 3.47. The topological polar surface area (TPSA) is 43.5 Å². The van der Waals surface area contributed by atoms with Crippen LogP contribution in [0, 0.1) is 0 Å². The van der Waals surface area contributed by atoms with Gasteiger partial charge in [-0.15, -0.1) is 0 Å². The van der Waals surface area contributed by atoms with Crippen LogP contribution in [-0.4, -0.2) is 40.1 Å². The normalized spacial score (nSPS) is 26.7. The Morgan fingerprint density at radius 1 is 0.706 bits per heavy atom. The van der Waals surface area contributed by atoms with Gasteiger partial charge in [-0.05, 0) is 28.8 Å². The van der Waals surface area contributed by atoms with E-state index in [1.54, 1.807) is 0 Å². The predicted molar refractivity (Wildman–Crippen MR) is 132 cm³/mol. The van der Waals surface area contributed by atoms with Crippen molar-refractivity contribution >= 4 is 11.5 Å². The van der Waals surface area contributed by atoms with Gasteiger partial charge >= 0.3 is 0 Å². The number of Topliss-reactive ketones (excluding diaryl/α,β-unsaturated/α-hetero) is 1. The second-order valence-corrected chi connectivity index (χ2v) is 9.41. The standard InChI is InChI=1S/C30H24N2O2/c33-28-24-18-10-11-19-25(24)31-20-26-27(30(28,31)34)32(26)29(21-12-4-1-5-13-21,22-14-6-2-7-15-22)23-16-8-3-9-17-23/h1-19,26-27,34H,20H2/t26-,27-,30-,32?/m0/s1. The van der Waals surface area contributed by atoms with E-state index in [0.717, 1.165) is 22.4 Å². The summed E-state index contributed by atoms with van der Waals surface area (Å²) in [5.41, 5.74) is 2.64. The minimum atomic E-state index is -1.56. The smallest absolute Gasteiger partial charge is 0.221 e. The fraction of sp³-hybridized carbons (Fsp3) is 0.167. The lowest BCUT2D eigenvalue weighted by Crippen LogP contribution is -2.56. The number of rotatable bonds is 4. The van der Waals surface area contributed by atoms with Gasteiger partial charge in [-0.25, -0.2) is 0 Å². The van der Waals surface area contributed by atoms with Crippen LogP contribution in [0.5, 0.6) is 0 Å². The summed E-state index contributed by atoms with van der Waals surface area (Å²) in [4.78, 5) is 17.9. The van der Waals surface area contributed by atoms with Gasteiger partial charge in [-0.2, -0.15) is 0 Å². The molecule has 3 aliphatic heterocycles. The molecule has 0 bridgehead atoms. The van der Waals surface area contributed by atoms with Crippen molar-refractivity contribution in [2.24, 2.45) is 0 Å². The zero-order valence-corrected chi connectivity index (χ0v) is 18.6. The monoisotopic (exact) mass is 444 g/mol. The first-order valence-electron chi connectivity index (χ1n) is 11.8. The second kappa shape index (κ2) is 6.89. The van der Waals surface area contributed by atoms with E-state index in [-0.39, 0.29) is 17.9 Å². The molecule has 4 aromatic carbocycles. The van der Waals surface area contributed by atoms with E-state index in [0.29, 0.717) is 12.1 Å². The Bertz CT molecular complexity index is 1290. The number of para-hydroxylation sites is 1. The van der Waals surface area contributed by atoms with Crippen molar-refractivity contribution in [1.29, 1.82) is 0 Å². The van der Waals surface area contributed by atoms with Gasteiger partial charge in [-0.1, -0.05) is 103 Å². The van der Waals surface area contributed by atoms with Crippen LogP contribution in [0.3, 0.4) is 0 Å². The van der Waals surface area contributed by atoms with E-state index in [9.17, 15) is 9.90 Å². The molecular weight excluding hydrogens is 420 g/mol. The van der Waals surface area contributed by atoms with E-state index in [2.05, 4.69) is 77.7 Å². The van der Waals surface area contributed by atoms with E-state index >= 15 is 0 Å². The van der Waals surface area contributed by atoms with Gasteiger partial charge in [0.25, 0.3) is 0 Å². The Kier molecular flexibility index (Phi) is 3.99. The largest absolute Gasteiger partial charge is 0.363 e. The molecule has 3 heterocycles. The molecule has 3 aliphatic rings. The lowest BCUT2D eigenvalue weighted by atomic mass is 9.76. The predicted octanol–water partition coefficient (Wildman–Crippen LogP) is 4.44. The van der Waals surface area contributed by atoms with E-state index in [4.69, 9.17) is 0 Å². The molecule has 7 rings (SSSR count). The molecule has 0 amide bonds. The van der Waals surface area contributed by atoms with Crippen molar-refractivity contribution in [3.8, 4) is 0 Å². The minimum absolute atomic E-state index is 0.0444. The number of piperazine rings is 1. The van der Waals surface area contributed by atoms with Crippen molar-refractivity contribution in [1.82, 2.24) is 4.90 Å². The maximum Gasteiger partial charge on any atom is 0.221 e. The molecule has 0 spiro atoms. The number of carbonyl (C=O) groups is 1. The van der Waals surface area contributed by atoms with Crippen molar-refractivity contribution in [2.45, 2.75) is 23.3 Å². The third-order valence-corrected chi connectivity index (χ3v) is 7.86. The van der Waals surface area contributed by atoms with Gasteiger partial charge < -0.3 is 10.0 Å². The van der Waals surface area contributed by atoms with Crippen LogP contribution in [0.25, 0.3) is 0 Å². The molecule has 34 heavy (non-hydrogen) atoms. The van der Waals surface area contributed by atoms with Crippen molar-refractivity contribution < 1.29 is 9.90 Å². The summed E-state index contributed by atoms with van der Waals surface area (Å²) in [5.74, 6) is -0.193. The minimum Gasteiger partial charge on any atom is -0.363 e. The van der Waals surface area contributed by atoms with Crippen LogP contribution in [0.4, 0.5) is 5.69 Å². The van der Waals surface area contributed by atoms with E-state index in [1.165, 1.54) is 0 Å². The van der Waals surface area contributed by atoms with Gasteiger partial charge in [0.1, 0.15) is 0 Å². The molecule has 4 nitrogen and oxygen atoms in total. The number of benzene rings is 4. The van der Waals surface area contributed by atoms with Gasteiger partial charge in [0.15, 0.2) is 0 Å². The number of aliphatic hydroxyl groups is 1. The SMILES string of the molecule is O=C1c2ccccc2N2C[C@H]3[C@H](N3C(c3ccccc3)(c3ccccc3)c3ccccc3)[C@]12O. The Balaban J connectivity index is 1.45. The molecule has 2 saturated heterocycles. The van der Waals surface area contributed by atoms with E-state index < -0.39 is 11.3 Å². The highest BCUT2D eigenvalue weighted by Gasteiger charge is 2.77. The lowest BCUT2D eigenvalue weighted by Gasteiger charge is -2.42. The fourth-order valence-corrected chi connectivity index (χ4v) is 6.50. The zero-order chi connectivity index (χ0) is 22.9. The number of hydrogen-bond donors (Lipinski definition) is 1. The van der Waals surface area contributed by atoms with Gasteiger partial charge in [0, 0.05) is 12.1 Å². The van der Waals surface area contributed by atoms with E-state index in [1.807, 2.05) is 47.4 Å². The Morgan fingerprint density at radius 3 is 1.71 bits per heavy atom. The summed E-state index contributed by atoms with van der Waals surface area (Å²) in [7, 11) is 0.